The lowest BCUT2D eigenvalue weighted by atomic mass is 10.2. The van der Waals surface area contributed by atoms with Gasteiger partial charge in [0.05, 0.1) is 0 Å². The van der Waals surface area contributed by atoms with Crippen molar-refractivity contribution in [3.8, 4) is 0 Å². The number of nitrogens with zero attached hydrogens (tertiary/aromatic N) is 1. The van der Waals surface area contributed by atoms with Crippen LogP contribution >= 0.6 is 11.6 Å². The van der Waals surface area contributed by atoms with Gasteiger partial charge in [0.1, 0.15) is 6.04 Å². The molecule has 1 saturated heterocycles. The molecule has 0 aromatic heterocycles. The van der Waals surface area contributed by atoms with E-state index in [2.05, 4.69) is 5.32 Å². The number of carbonyl (C=O) groups excluding carboxylic acids is 1. The van der Waals surface area contributed by atoms with Gasteiger partial charge in [-0.05, 0) is 44.0 Å². The van der Waals surface area contributed by atoms with Crippen LogP contribution in [0.1, 0.15) is 32.6 Å². The smallest absolute Gasteiger partial charge is 0.244 e. The van der Waals surface area contributed by atoms with Crippen molar-refractivity contribution in [2.75, 3.05) is 18.4 Å². The highest BCUT2D eigenvalue weighted by atomic mass is 35.5. The Hall–Kier alpha value is -1.22. The van der Waals surface area contributed by atoms with E-state index in [9.17, 15) is 4.79 Å². The molecule has 104 valence electrons. The Kier molecular flexibility index (Phi) is 5.08. The van der Waals surface area contributed by atoms with Gasteiger partial charge >= 0.3 is 0 Å². The highest BCUT2D eigenvalue weighted by Crippen LogP contribution is 2.16. The molecule has 1 atom stereocenters. The van der Waals surface area contributed by atoms with Gasteiger partial charge in [0, 0.05) is 23.8 Å². The standard InChI is InChI=1S/C15H21ClN2O/c1-12(17-14-8-6-13(16)7-9-14)15(19)18-10-4-2-3-5-11-18/h6-9,12,17H,2-5,10-11H2,1H3. The summed E-state index contributed by atoms with van der Waals surface area (Å²) in [4.78, 5) is 14.3. The summed E-state index contributed by atoms with van der Waals surface area (Å²) in [6.45, 7) is 3.71. The van der Waals surface area contributed by atoms with Crippen LogP contribution in [0.2, 0.25) is 5.02 Å². The summed E-state index contributed by atoms with van der Waals surface area (Å²) in [6, 6.07) is 7.25. The number of halogens is 1. The number of hydrogen-bond acceptors (Lipinski definition) is 2. The predicted molar refractivity (Wildman–Crippen MR) is 79.6 cm³/mol. The number of anilines is 1. The monoisotopic (exact) mass is 280 g/mol. The van der Waals surface area contributed by atoms with E-state index in [4.69, 9.17) is 11.6 Å². The van der Waals surface area contributed by atoms with Gasteiger partial charge in [0.15, 0.2) is 0 Å². The summed E-state index contributed by atoms with van der Waals surface area (Å²) in [5.41, 5.74) is 0.931. The summed E-state index contributed by atoms with van der Waals surface area (Å²) in [5.74, 6) is 0.192. The van der Waals surface area contributed by atoms with Crippen LogP contribution in [0.3, 0.4) is 0 Å². The van der Waals surface area contributed by atoms with E-state index in [-0.39, 0.29) is 11.9 Å². The number of likely N-dealkylation sites (tertiary alicyclic amines) is 1. The van der Waals surface area contributed by atoms with Crippen molar-refractivity contribution >= 4 is 23.2 Å². The molecule has 0 aliphatic carbocycles. The molecule has 1 heterocycles. The molecule has 3 nitrogen and oxygen atoms in total. The first-order valence-electron chi connectivity index (χ1n) is 6.98. The number of nitrogens with one attached hydrogen (secondary N) is 1. The number of benzene rings is 1. The topological polar surface area (TPSA) is 32.3 Å². The number of rotatable bonds is 3. The van der Waals surface area contributed by atoms with Crippen LogP contribution in [-0.4, -0.2) is 29.9 Å². The number of carbonyl (C=O) groups is 1. The summed E-state index contributed by atoms with van der Waals surface area (Å²) < 4.78 is 0. The molecule has 1 amide bonds. The SMILES string of the molecule is CC(Nc1ccc(Cl)cc1)C(=O)N1CCCCCC1. The molecule has 4 heteroatoms. The van der Waals surface area contributed by atoms with E-state index < -0.39 is 0 Å². The summed E-state index contributed by atoms with van der Waals surface area (Å²) in [7, 11) is 0. The van der Waals surface area contributed by atoms with E-state index in [1.54, 1.807) is 0 Å². The zero-order valence-electron chi connectivity index (χ0n) is 11.4. The normalized spacial score (nSPS) is 17.7. The van der Waals surface area contributed by atoms with Crippen molar-refractivity contribution in [2.45, 2.75) is 38.6 Å². The van der Waals surface area contributed by atoms with Crippen LogP contribution in [0.5, 0.6) is 0 Å². The first-order valence-corrected chi connectivity index (χ1v) is 7.35. The first-order chi connectivity index (χ1) is 9.16. The highest BCUT2D eigenvalue weighted by Gasteiger charge is 2.21. The van der Waals surface area contributed by atoms with Crippen molar-refractivity contribution in [3.63, 3.8) is 0 Å². The molecule has 1 aliphatic heterocycles. The lowest BCUT2D eigenvalue weighted by molar-refractivity contribution is -0.131. The van der Waals surface area contributed by atoms with Gasteiger partial charge < -0.3 is 10.2 Å². The molecule has 1 unspecified atom stereocenters. The lowest BCUT2D eigenvalue weighted by Gasteiger charge is -2.25. The third-order valence-corrected chi connectivity index (χ3v) is 3.77. The van der Waals surface area contributed by atoms with Gasteiger partial charge in [-0.3, -0.25) is 4.79 Å². The summed E-state index contributed by atoms with van der Waals surface area (Å²) in [6.07, 6.45) is 4.73. The maximum Gasteiger partial charge on any atom is 0.244 e. The molecular weight excluding hydrogens is 260 g/mol. The zero-order chi connectivity index (χ0) is 13.7. The Balaban J connectivity index is 1.92. The molecule has 0 radical (unpaired) electrons. The second-order valence-corrected chi connectivity index (χ2v) is 5.55. The summed E-state index contributed by atoms with van der Waals surface area (Å²) in [5, 5.41) is 3.94. The Bertz CT molecular complexity index is 411. The molecule has 2 rings (SSSR count). The second-order valence-electron chi connectivity index (χ2n) is 5.11. The van der Waals surface area contributed by atoms with Gasteiger partial charge in [-0.1, -0.05) is 24.4 Å². The van der Waals surface area contributed by atoms with E-state index >= 15 is 0 Å². The minimum absolute atomic E-state index is 0.192. The van der Waals surface area contributed by atoms with Crippen molar-refractivity contribution < 1.29 is 4.79 Å². The van der Waals surface area contributed by atoms with Crippen LogP contribution in [0, 0.1) is 0 Å². The van der Waals surface area contributed by atoms with Crippen LogP contribution in [0.15, 0.2) is 24.3 Å². The molecule has 0 spiro atoms. The third-order valence-electron chi connectivity index (χ3n) is 3.52. The zero-order valence-corrected chi connectivity index (χ0v) is 12.1. The molecule has 1 aromatic rings. The average Bonchev–Trinajstić information content (AvgIpc) is 2.69. The average molecular weight is 281 g/mol. The molecule has 1 N–H and O–H groups in total. The fraction of sp³-hybridized carbons (Fsp3) is 0.533. The van der Waals surface area contributed by atoms with Gasteiger partial charge in [-0.25, -0.2) is 0 Å². The predicted octanol–water partition coefficient (Wildman–Crippen LogP) is 3.54. The fourth-order valence-electron chi connectivity index (χ4n) is 2.42. The van der Waals surface area contributed by atoms with Crippen molar-refractivity contribution in [3.05, 3.63) is 29.3 Å². The van der Waals surface area contributed by atoms with Gasteiger partial charge in [0.25, 0.3) is 0 Å². The van der Waals surface area contributed by atoms with E-state index in [0.29, 0.717) is 5.02 Å². The number of amides is 1. The lowest BCUT2D eigenvalue weighted by Crippen LogP contribution is -2.41. The van der Waals surface area contributed by atoms with Crippen LogP contribution < -0.4 is 5.32 Å². The summed E-state index contributed by atoms with van der Waals surface area (Å²) >= 11 is 5.85. The highest BCUT2D eigenvalue weighted by molar-refractivity contribution is 6.30. The van der Waals surface area contributed by atoms with Gasteiger partial charge in [-0.15, -0.1) is 0 Å². The Morgan fingerprint density at radius 1 is 1.16 bits per heavy atom. The van der Waals surface area contributed by atoms with Crippen molar-refractivity contribution in [1.82, 2.24) is 4.90 Å². The Morgan fingerprint density at radius 2 is 1.74 bits per heavy atom. The maximum atomic E-state index is 12.4. The van der Waals surface area contributed by atoms with Crippen molar-refractivity contribution in [2.24, 2.45) is 0 Å². The third kappa shape index (κ3) is 4.13. The van der Waals surface area contributed by atoms with Gasteiger partial charge in [0.2, 0.25) is 5.91 Å². The number of hydrogen-bond donors (Lipinski definition) is 1. The molecule has 1 aliphatic rings. The second kappa shape index (κ2) is 6.80. The largest absolute Gasteiger partial charge is 0.374 e. The minimum Gasteiger partial charge on any atom is -0.374 e. The molecule has 19 heavy (non-hydrogen) atoms. The van der Waals surface area contributed by atoms with Gasteiger partial charge in [-0.2, -0.15) is 0 Å². The van der Waals surface area contributed by atoms with E-state index in [0.717, 1.165) is 31.6 Å². The molecular formula is C15H21ClN2O. The van der Waals surface area contributed by atoms with Crippen molar-refractivity contribution in [1.29, 1.82) is 0 Å². The molecule has 0 bridgehead atoms. The molecule has 1 aromatic carbocycles. The Labute approximate surface area is 119 Å². The Morgan fingerprint density at radius 3 is 2.32 bits per heavy atom. The fourth-order valence-corrected chi connectivity index (χ4v) is 2.55. The van der Waals surface area contributed by atoms with Crippen LogP contribution in [0.4, 0.5) is 5.69 Å². The molecule has 0 saturated carbocycles. The molecule has 1 fully saturated rings. The minimum atomic E-state index is -0.195. The van der Waals surface area contributed by atoms with E-state index in [1.165, 1.54) is 12.8 Å². The van der Waals surface area contributed by atoms with Crippen LogP contribution in [-0.2, 0) is 4.79 Å². The van der Waals surface area contributed by atoms with Crippen LogP contribution in [0.25, 0.3) is 0 Å². The van der Waals surface area contributed by atoms with E-state index in [1.807, 2.05) is 36.1 Å². The maximum absolute atomic E-state index is 12.4. The quantitative estimate of drug-likeness (QED) is 0.918. The first kappa shape index (κ1) is 14.2.